The van der Waals surface area contributed by atoms with E-state index in [1.807, 2.05) is 0 Å². The number of amides is 2. The van der Waals surface area contributed by atoms with Crippen molar-refractivity contribution in [3.8, 4) is 0 Å². The molecule has 2 N–H and O–H groups in total. The maximum absolute atomic E-state index is 12.9. The first-order valence-corrected chi connectivity index (χ1v) is 7.45. The molecule has 2 aromatic rings. The molecule has 130 valence electrons. The topological polar surface area (TPSA) is 84.5 Å². The van der Waals surface area contributed by atoms with Gasteiger partial charge in [-0.1, -0.05) is 12.1 Å². The second-order valence-corrected chi connectivity index (χ2v) is 5.36. The van der Waals surface area contributed by atoms with Crippen LogP contribution in [0.3, 0.4) is 0 Å². The van der Waals surface area contributed by atoms with Crippen LogP contribution in [0.15, 0.2) is 42.5 Å². The van der Waals surface area contributed by atoms with Gasteiger partial charge in [0.15, 0.2) is 0 Å². The Morgan fingerprint density at radius 1 is 0.920 bits per heavy atom. The predicted octanol–water partition coefficient (Wildman–Crippen LogP) is 3.10. The van der Waals surface area contributed by atoms with E-state index in [1.54, 1.807) is 0 Å². The lowest BCUT2D eigenvalue weighted by Gasteiger charge is -2.11. The molecule has 2 amide bonds. The van der Waals surface area contributed by atoms with Gasteiger partial charge in [0.1, 0.15) is 12.4 Å². The first-order chi connectivity index (χ1) is 11.8. The van der Waals surface area contributed by atoms with E-state index in [0.717, 1.165) is 0 Å². The Bertz CT molecular complexity index is 769. The Balaban J connectivity index is 2.16. The average molecular weight is 344 g/mol. The monoisotopic (exact) mass is 344 g/mol. The highest BCUT2D eigenvalue weighted by atomic mass is 19.1. The Kier molecular flexibility index (Phi) is 5.84. The van der Waals surface area contributed by atoms with Crippen LogP contribution in [-0.2, 0) is 20.9 Å². The van der Waals surface area contributed by atoms with E-state index in [-0.39, 0.29) is 29.8 Å². The molecule has 0 bridgehead atoms. The minimum Gasteiger partial charge on any atom is -0.457 e. The number of hydrogen-bond acceptors (Lipinski definition) is 4. The van der Waals surface area contributed by atoms with Crippen molar-refractivity contribution in [3.05, 3.63) is 59.4 Å². The van der Waals surface area contributed by atoms with Gasteiger partial charge in [-0.2, -0.15) is 0 Å². The van der Waals surface area contributed by atoms with Gasteiger partial charge in [0.25, 0.3) is 0 Å². The maximum atomic E-state index is 12.9. The summed E-state index contributed by atoms with van der Waals surface area (Å²) in [6.45, 7) is 2.63. The quantitative estimate of drug-likeness (QED) is 0.816. The van der Waals surface area contributed by atoms with Crippen molar-refractivity contribution >= 4 is 29.2 Å². The third kappa shape index (κ3) is 5.72. The number of esters is 1. The molecule has 7 heteroatoms. The molecule has 0 heterocycles. The van der Waals surface area contributed by atoms with Crippen LogP contribution < -0.4 is 10.6 Å². The van der Waals surface area contributed by atoms with E-state index in [9.17, 15) is 18.8 Å². The summed E-state index contributed by atoms with van der Waals surface area (Å²) in [5.74, 6) is -1.64. The summed E-state index contributed by atoms with van der Waals surface area (Å²) in [6.07, 6.45) is 0. The van der Waals surface area contributed by atoms with Crippen LogP contribution in [0, 0.1) is 5.82 Å². The second kappa shape index (κ2) is 8.05. The summed E-state index contributed by atoms with van der Waals surface area (Å²) in [7, 11) is 0. The van der Waals surface area contributed by atoms with E-state index in [1.165, 1.54) is 56.3 Å². The molecule has 6 nitrogen and oxygen atoms in total. The highest BCUT2D eigenvalue weighted by Crippen LogP contribution is 2.20. The fourth-order valence-electron chi connectivity index (χ4n) is 2.11. The van der Waals surface area contributed by atoms with E-state index < -0.39 is 5.97 Å². The number of carbonyl (C=O) groups is 3. The van der Waals surface area contributed by atoms with Gasteiger partial charge in [0, 0.05) is 25.2 Å². The molecule has 0 radical (unpaired) electrons. The van der Waals surface area contributed by atoms with Crippen LogP contribution in [0.4, 0.5) is 15.8 Å². The Morgan fingerprint density at radius 3 is 1.92 bits per heavy atom. The number of nitrogens with one attached hydrogen (secondary N) is 2. The number of halogens is 1. The van der Waals surface area contributed by atoms with Crippen LogP contribution in [0.2, 0.25) is 0 Å². The smallest absolute Gasteiger partial charge is 0.338 e. The number of rotatable bonds is 5. The van der Waals surface area contributed by atoms with E-state index in [0.29, 0.717) is 16.9 Å². The van der Waals surface area contributed by atoms with Crippen molar-refractivity contribution in [1.82, 2.24) is 0 Å². The minimum atomic E-state index is -0.636. The first kappa shape index (κ1) is 18.1. The summed E-state index contributed by atoms with van der Waals surface area (Å²) in [5, 5.41) is 5.11. The lowest BCUT2D eigenvalue weighted by Crippen LogP contribution is -2.12. The molecule has 2 aromatic carbocycles. The van der Waals surface area contributed by atoms with Crippen molar-refractivity contribution in [2.75, 3.05) is 10.6 Å². The van der Waals surface area contributed by atoms with Gasteiger partial charge < -0.3 is 15.4 Å². The number of carbonyl (C=O) groups excluding carboxylic acids is 3. The van der Waals surface area contributed by atoms with Crippen LogP contribution in [0.1, 0.15) is 29.8 Å². The van der Waals surface area contributed by atoms with Gasteiger partial charge in [-0.15, -0.1) is 0 Å². The Morgan fingerprint density at radius 2 is 1.44 bits per heavy atom. The zero-order valence-corrected chi connectivity index (χ0v) is 13.8. The fraction of sp³-hybridized carbons (Fsp3) is 0.167. The predicted molar refractivity (Wildman–Crippen MR) is 90.6 cm³/mol. The molecule has 0 fully saturated rings. The van der Waals surface area contributed by atoms with Crippen molar-refractivity contribution in [2.45, 2.75) is 20.5 Å². The van der Waals surface area contributed by atoms with Gasteiger partial charge >= 0.3 is 5.97 Å². The van der Waals surface area contributed by atoms with Crippen molar-refractivity contribution in [1.29, 1.82) is 0 Å². The molecule has 0 spiro atoms. The standard InChI is InChI=1S/C18H17FN2O4/c1-11(22)20-16-7-14(8-17(9-16)21-12(2)23)18(24)25-10-13-3-5-15(19)6-4-13/h3-9H,10H2,1-2H3,(H,20,22)(H,21,23). The average Bonchev–Trinajstić information content (AvgIpc) is 2.52. The summed E-state index contributed by atoms with van der Waals surface area (Å²) in [6, 6.07) is 9.99. The zero-order valence-electron chi connectivity index (χ0n) is 13.8. The van der Waals surface area contributed by atoms with E-state index in [4.69, 9.17) is 4.74 Å². The largest absolute Gasteiger partial charge is 0.457 e. The van der Waals surface area contributed by atoms with Gasteiger partial charge in [0.05, 0.1) is 5.56 Å². The summed E-state index contributed by atoms with van der Waals surface area (Å²) in [5.41, 5.74) is 1.51. The molecule has 0 aromatic heterocycles. The lowest BCUT2D eigenvalue weighted by atomic mass is 10.1. The van der Waals surface area contributed by atoms with Gasteiger partial charge in [-0.25, -0.2) is 9.18 Å². The maximum Gasteiger partial charge on any atom is 0.338 e. The van der Waals surface area contributed by atoms with Gasteiger partial charge in [-0.3, -0.25) is 9.59 Å². The molecule has 25 heavy (non-hydrogen) atoms. The summed E-state index contributed by atoms with van der Waals surface area (Å²) in [4.78, 5) is 34.7. The molecule has 0 aliphatic carbocycles. The highest BCUT2D eigenvalue weighted by Gasteiger charge is 2.12. The molecule has 0 saturated heterocycles. The molecule has 0 aliphatic rings. The normalized spacial score (nSPS) is 10.0. The first-order valence-electron chi connectivity index (χ1n) is 7.45. The number of ether oxygens (including phenoxy) is 1. The van der Waals surface area contributed by atoms with Crippen LogP contribution in [0.5, 0.6) is 0 Å². The van der Waals surface area contributed by atoms with E-state index >= 15 is 0 Å². The van der Waals surface area contributed by atoms with E-state index in [2.05, 4.69) is 10.6 Å². The second-order valence-electron chi connectivity index (χ2n) is 5.36. The number of anilines is 2. The van der Waals surface area contributed by atoms with Gasteiger partial charge in [0.2, 0.25) is 11.8 Å². The van der Waals surface area contributed by atoms with Crippen LogP contribution in [-0.4, -0.2) is 17.8 Å². The third-order valence-electron chi connectivity index (χ3n) is 3.09. The lowest BCUT2D eigenvalue weighted by molar-refractivity contribution is -0.115. The SMILES string of the molecule is CC(=O)Nc1cc(NC(C)=O)cc(C(=O)OCc2ccc(F)cc2)c1. The minimum absolute atomic E-state index is 0.0288. The molecule has 2 rings (SSSR count). The van der Waals surface area contributed by atoms with Crippen molar-refractivity contribution in [3.63, 3.8) is 0 Å². The zero-order chi connectivity index (χ0) is 18.4. The van der Waals surface area contributed by atoms with Crippen LogP contribution in [0.25, 0.3) is 0 Å². The number of benzene rings is 2. The molecule has 0 atom stereocenters. The summed E-state index contributed by atoms with van der Waals surface area (Å²) >= 11 is 0. The third-order valence-corrected chi connectivity index (χ3v) is 3.09. The molecular weight excluding hydrogens is 327 g/mol. The fourth-order valence-corrected chi connectivity index (χ4v) is 2.11. The van der Waals surface area contributed by atoms with Crippen molar-refractivity contribution < 1.29 is 23.5 Å². The molecule has 0 saturated carbocycles. The highest BCUT2D eigenvalue weighted by molar-refractivity contribution is 5.97. The molecular formula is C18H17FN2O4. The Labute approximate surface area is 144 Å². The van der Waals surface area contributed by atoms with Crippen LogP contribution >= 0.6 is 0 Å². The summed E-state index contributed by atoms with van der Waals surface area (Å²) < 4.78 is 18.1. The Hall–Kier alpha value is -3.22. The molecule has 0 aliphatic heterocycles. The van der Waals surface area contributed by atoms with Crippen molar-refractivity contribution in [2.24, 2.45) is 0 Å². The molecule has 0 unspecified atom stereocenters. The number of hydrogen-bond donors (Lipinski definition) is 2. The van der Waals surface area contributed by atoms with Gasteiger partial charge in [-0.05, 0) is 35.9 Å².